The lowest BCUT2D eigenvalue weighted by atomic mass is 10.2. The third-order valence-corrected chi connectivity index (χ3v) is 6.23. The van der Waals surface area contributed by atoms with E-state index in [1.807, 2.05) is 6.92 Å². The van der Waals surface area contributed by atoms with E-state index in [0.717, 1.165) is 25.0 Å². The molecule has 1 aliphatic heterocycles. The van der Waals surface area contributed by atoms with Gasteiger partial charge in [-0.05, 0) is 44.0 Å². The van der Waals surface area contributed by atoms with Gasteiger partial charge in [-0.2, -0.15) is 9.40 Å². The van der Waals surface area contributed by atoms with E-state index < -0.39 is 10.0 Å². The van der Waals surface area contributed by atoms with Gasteiger partial charge in [-0.25, -0.2) is 8.42 Å². The Morgan fingerprint density at radius 2 is 1.76 bits per heavy atom. The van der Waals surface area contributed by atoms with E-state index in [4.69, 9.17) is 0 Å². The predicted octanol–water partition coefficient (Wildman–Crippen LogP) is 2.16. The third kappa shape index (κ3) is 3.74. The number of sulfonamides is 1. The zero-order valence-corrected chi connectivity index (χ0v) is 15.2. The number of nitrogens with zero attached hydrogens (tertiary/aromatic N) is 3. The number of anilines is 1. The van der Waals surface area contributed by atoms with Gasteiger partial charge in [0.2, 0.25) is 10.0 Å². The van der Waals surface area contributed by atoms with Crippen LogP contribution in [0.1, 0.15) is 35.3 Å². The highest BCUT2D eigenvalue weighted by Crippen LogP contribution is 2.21. The molecule has 0 saturated carbocycles. The van der Waals surface area contributed by atoms with Crippen LogP contribution in [0, 0.1) is 6.92 Å². The number of hydrogen-bond donors (Lipinski definition) is 1. The Labute approximate surface area is 147 Å². The highest BCUT2D eigenvalue weighted by Gasteiger charge is 2.25. The van der Waals surface area contributed by atoms with Gasteiger partial charge < -0.3 is 5.32 Å². The average molecular weight is 362 g/mol. The van der Waals surface area contributed by atoms with Gasteiger partial charge in [-0.15, -0.1) is 0 Å². The molecule has 0 atom stereocenters. The summed E-state index contributed by atoms with van der Waals surface area (Å²) in [4.78, 5) is 12.6. The number of carbonyl (C=O) groups excluding carboxylic acids is 1. The van der Waals surface area contributed by atoms with Crippen LogP contribution in [-0.2, 0) is 17.1 Å². The van der Waals surface area contributed by atoms with Crippen LogP contribution in [0.4, 0.5) is 5.82 Å². The lowest BCUT2D eigenvalue weighted by molar-refractivity contribution is 0.102. The van der Waals surface area contributed by atoms with Crippen molar-refractivity contribution in [2.24, 2.45) is 7.05 Å². The second-order valence-corrected chi connectivity index (χ2v) is 8.18. The van der Waals surface area contributed by atoms with Crippen LogP contribution in [0.15, 0.2) is 35.2 Å². The van der Waals surface area contributed by atoms with Crippen LogP contribution in [0.2, 0.25) is 0 Å². The minimum absolute atomic E-state index is 0.224. The lowest BCUT2D eigenvalue weighted by Crippen LogP contribution is -2.35. The van der Waals surface area contributed by atoms with Gasteiger partial charge in [0.1, 0.15) is 5.82 Å². The highest BCUT2D eigenvalue weighted by molar-refractivity contribution is 7.89. The van der Waals surface area contributed by atoms with Crippen LogP contribution in [0.3, 0.4) is 0 Å². The molecule has 3 rings (SSSR count). The number of aromatic nitrogens is 2. The summed E-state index contributed by atoms with van der Waals surface area (Å²) in [7, 11) is -1.73. The molecule has 2 heterocycles. The van der Waals surface area contributed by atoms with Crippen molar-refractivity contribution in [1.29, 1.82) is 0 Å². The number of nitrogens with one attached hydrogen (secondary N) is 1. The van der Waals surface area contributed by atoms with Crippen molar-refractivity contribution in [2.75, 3.05) is 18.4 Å². The maximum Gasteiger partial charge on any atom is 0.256 e. The number of aryl methyl sites for hydroxylation is 2. The fourth-order valence-electron chi connectivity index (χ4n) is 2.95. The van der Waals surface area contributed by atoms with Crippen LogP contribution in [0.5, 0.6) is 0 Å². The van der Waals surface area contributed by atoms with Gasteiger partial charge in [0.05, 0.1) is 10.6 Å². The summed E-state index contributed by atoms with van der Waals surface area (Å²) in [6.45, 7) is 2.96. The van der Waals surface area contributed by atoms with Gasteiger partial charge in [0, 0.05) is 31.8 Å². The van der Waals surface area contributed by atoms with Gasteiger partial charge in [0.25, 0.3) is 5.91 Å². The zero-order valence-electron chi connectivity index (χ0n) is 14.4. The molecule has 7 nitrogen and oxygen atoms in total. The first-order valence-corrected chi connectivity index (χ1v) is 9.74. The molecule has 1 aromatic heterocycles. The molecular formula is C17H22N4O3S. The Morgan fingerprint density at radius 3 is 2.32 bits per heavy atom. The topological polar surface area (TPSA) is 84.3 Å². The summed E-state index contributed by atoms with van der Waals surface area (Å²) in [5.74, 6) is 0.289. The van der Waals surface area contributed by atoms with Gasteiger partial charge in [-0.3, -0.25) is 9.48 Å². The van der Waals surface area contributed by atoms with E-state index in [0.29, 0.717) is 24.5 Å². The van der Waals surface area contributed by atoms with Crippen LogP contribution < -0.4 is 5.32 Å². The van der Waals surface area contributed by atoms with Crippen molar-refractivity contribution >= 4 is 21.7 Å². The fraction of sp³-hybridized carbons (Fsp3) is 0.412. The van der Waals surface area contributed by atoms with Crippen molar-refractivity contribution in [2.45, 2.75) is 31.1 Å². The van der Waals surface area contributed by atoms with E-state index in [-0.39, 0.29) is 10.8 Å². The summed E-state index contributed by atoms with van der Waals surface area (Å²) < 4.78 is 28.3. The van der Waals surface area contributed by atoms with Crippen molar-refractivity contribution in [3.63, 3.8) is 0 Å². The summed E-state index contributed by atoms with van der Waals surface area (Å²) >= 11 is 0. The quantitative estimate of drug-likeness (QED) is 0.903. The molecule has 1 aliphatic rings. The van der Waals surface area contributed by atoms with E-state index in [1.165, 1.54) is 28.6 Å². The summed E-state index contributed by atoms with van der Waals surface area (Å²) in [6, 6.07) is 7.83. The zero-order chi connectivity index (χ0) is 18.0. The molecule has 1 fully saturated rings. The molecule has 0 aliphatic carbocycles. The first-order valence-electron chi connectivity index (χ1n) is 8.30. The normalized spacial score (nSPS) is 15.9. The Bertz CT molecular complexity index is 866. The first kappa shape index (κ1) is 17.6. The number of piperidine rings is 1. The summed E-state index contributed by atoms with van der Waals surface area (Å²) in [5.41, 5.74) is 1.21. The number of amides is 1. The van der Waals surface area contributed by atoms with E-state index in [9.17, 15) is 13.2 Å². The molecule has 1 saturated heterocycles. The number of rotatable bonds is 4. The second kappa shape index (κ2) is 6.97. The van der Waals surface area contributed by atoms with Crippen molar-refractivity contribution in [3.8, 4) is 0 Å². The monoisotopic (exact) mass is 362 g/mol. The molecule has 134 valence electrons. The molecule has 1 aromatic carbocycles. The molecule has 25 heavy (non-hydrogen) atoms. The Kier molecular flexibility index (Phi) is 4.91. The molecule has 8 heteroatoms. The molecule has 1 N–H and O–H groups in total. The highest BCUT2D eigenvalue weighted by atomic mass is 32.2. The van der Waals surface area contributed by atoms with Crippen molar-refractivity contribution in [3.05, 3.63) is 41.6 Å². The predicted molar refractivity (Wildman–Crippen MR) is 95.0 cm³/mol. The molecule has 0 radical (unpaired) electrons. The lowest BCUT2D eigenvalue weighted by Gasteiger charge is -2.25. The van der Waals surface area contributed by atoms with Gasteiger partial charge in [-0.1, -0.05) is 6.42 Å². The number of benzene rings is 1. The van der Waals surface area contributed by atoms with Gasteiger partial charge >= 0.3 is 0 Å². The Hall–Kier alpha value is -2.19. The fourth-order valence-corrected chi connectivity index (χ4v) is 4.47. The molecule has 1 amide bonds. The maximum atomic E-state index is 12.6. The minimum atomic E-state index is -3.48. The SMILES string of the molecule is Cc1cc(NC(=O)c2ccc(S(=O)(=O)N3CCCCC3)cc2)n(C)n1. The minimum Gasteiger partial charge on any atom is -0.307 e. The molecule has 0 spiro atoms. The van der Waals surface area contributed by atoms with Crippen LogP contribution >= 0.6 is 0 Å². The molecular weight excluding hydrogens is 340 g/mol. The summed E-state index contributed by atoms with van der Waals surface area (Å²) in [6.07, 6.45) is 2.85. The largest absolute Gasteiger partial charge is 0.307 e. The van der Waals surface area contributed by atoms with E-state index in [2.05, 4.69) is 10.4 Å². The average Bonchev–Trinajstić information content (AvgIpc) is 2.93. The van der Waals surface area contributed by atoms with Crippen molar-refractivity contribution < 1.29 is 13.2 Å². The first-order chi connectivity index (χ1) is 11.9. The number of hydrogen-bond acceptors (Lipinski definition) is 4. The molecule has 2 aromatic rings. The molecule has 0 unspecified atom stereocenters. The maximum absolute atomic E-state index is 12.6. The van der Waals surface area contributed by atoms with Gasteiger partial charge in [0.15, 0.2) is 0 Å². The summed E-state index contributed by atoms with van der Waals surface area (Å²) in [5, 5.41) is 6.94. The third-order valence-electron chi connectivity index (χ3n) is 4.31. The number of carbonyl (C=O) groups is 1. The van der Waals surface area contributed by atoms with Crippen LogP contribution in [0.25, 0.3) is 0 Å². The smallest absolute Gasteiger partial charge is 0.256 e. The van der Waals surface area contributed by atoms with E-state index >= 15 is 0 Å². The van der Waals surface area contributed by atoms with E-state index in [1.54, 1.807) is 17.8 Å². The Morgan fingerprint density at radius 1 is 1.12 bits per heavy atom. The second-order valence-electron chi connectivity index (χ2n) is 6.24. The van der Waals surface area contributed by atoms with Crippen LogP contribution in [-0.4, -0.2) is 41.5 Å². The molecule has 0 bridgehead atoms. The standard InChI is InChI=1S/C17H22N4O3S/c1-13-12-16(20(2)19-13)18-17(22)14-6-8-15(9-7-14)25(23,24)21-10-4-3-5-11-21/h6-9,12H,3-5,10-11H2,1-2H3,(H,18,22). The van der Waals surface area contributed by atoms with Crippen molar-refractivity contribution in [1.82, 2.24) is 14.1 Å². The Balaban J connectivity index is 1.75.